The van der Waals surface area contributed by atoms with Crippen molar-refractivity contribution in [2.24, 2.45) is 0 Å². The van der Waals surface area contributed by atoms with Gasteiger partial charge in [0.1, 0.15) is 17.4 Å². The van der Waals surface area contributed by atoms with E-state index in [9.17, 15) is 17.6 Å². The number of nitrogens with zero attached hydrogens (tertiary/aromatic N) is 2. The Morgan fingerprint density at radius 1 is 0.833 bits per heavy atom. The third-order valence-electron chi connectivity index (χ3n) is 4.34. The molecule has 0 spiro atoms. The van der Waals surface area contributed by atoms with Crippen molar-refractivity contribution >= 4 is 22.7 Å². The normalized spacial score (nSPS) is 11.6. The van der Waals surface area contributed by atoms with Crippen LogP contribution in [0, 0.1) is 5.82 Å². The molecule has 0 aliphatic carbocycles. The molecule has 0 saturated carbocycles. The summed E-state index contributed by atoms with van der Waals surface area (Å²) >= 11 is 0. The SMILES string of the molecule is Fc1ccc(CNc2nc(NCc3ccc(C(F)(F)F)o3)c3ccccc3n2)cc1. The Bertz CT molecular complexity index is 1160. The second-order valence-corrected chi connectivity index (χ2v) is 6.51. The molecule has 0 atom stereocenters. The quantitative estimate of drug-likeness (QED) is 0.401. The van der Waals surface area contributed by atoms with Crippen molar-refractivity contribution in [1.82, 2.24) is 9.97 Å². The number of para-hydroxylation sites is 1. The third kappa shape index (κ3) is 4.51. The second kappa shape index (κ2) is 8.02. The van der Waals surface area contributed by atoms with Crippen molar-refractivity contribution in [3.63, 3.8) is 0 Å². The lowest BCUT2D eigenvalue weighted by Crippen LogP contribution is -2.08. The lowest BCUT2D eigenvalue weighted by atomic mass is 10.2. The summed E-state index contributed by atoms with van der Waals surface area (Å²) < 4.78 is 56.0. The van der Waals surface area contributed by atoms with Crippen molar-refractivity contribution in [3.8, 4) is 0 Å². The van der Waals surface area contributed by atoms with Gasteiger partial charge >= 0.3 is 6.18 Å². The van der Waals surface area contributed by atoms with E-state index in [1.807, 2.05) is 18.2 Å². The first kappa shape index (κ1) is 19.7. The van der Waals surface area contributed by atoms with E-state index in [1.54, 1.807) is 18.2 Å². The lowest BCUT2D eigenvalue weighted by molar-refractivity contribution is -0.153. The van der Waals surface area contributed by atoms with Gasteiger partial charge in [0.25, 0.3) is 0 Å². The average molecular weight is 416 g/mol. The molecule has 0 radical (unpaired) electrons. The summed E-state index contributed by atoms with van der Waals surface area (Å²) in [5.41, 5.74) is 1.50. The Kier molecular flexibility index (Phi) is 5.26. The number of benzene rings is 2. The molecule has 154 valence electrons. The van der Waals surface area contributed by atoms with Crippen LogP contribution in [-0.4, -0.2) is 9.97 Å². The number of halogens is 4. The predicted molar refractivity (Wildman–Crippen MR) is 104 cm³/mol. The summed E-state index contributed by atoms with van der Waals surface area (Å²) in [5, 5.41) is 6.81. The number of furan rings is 1. The van der Waals surface area contributed by atoms with Crippen molar-refractivity contribution < 1.29 is 22.0 Å². The van der Waals surface area contributed by atoms with Crippen molar-refractivity contribution in [3.05, 3.63) is 83.6 Å². The van der Waals surface area contributed by atoms with Gasteiger partial charge in [0.2, 0.25) is 11.7 Å². The van der Waals surface area contributed by atoms with Crippen LogP contribution in [0.25, 0.3) is 10.9 Å². The molecule has 2 N–H and O–H groups in total. The van der Waals surface area contributed by atoms with Crippen molar-refractivity contribution in [1.29, 1.82) is 0 Å². The Morgan fingerprint density at radius 2 is 1.60 bits per heavy atom. The zero-order valence-electron chi connectivity index (χ0n) is 15.5. The van der Waals surface area contributed by atoms with Crippen LogP contribution < -0.4 is 10.6 Å². The minimum absolute atomic E-state index is 0.0223. The van der Waals surface area contributed by atoms with Gasteiger partial charge in [-0.3, -0.25) is 0 Å². The number of rotatable bonds is 6. The molecule has 2 aromatic carbocycles. The molecule has 0 amide bonds. The molecule has 5 nitrogen and oxygen atoms in total. The zero-order chi connectivity index (χ0) is 21.1. The molecule has 2 heterocycles. The summed E-state index contributed by atoms with van der Waals surface area (Å²) in [7, 11) is 0. The molecule has 4 rings (SSSR count). The van der Waals surface area contributed by atoms with Crippen LogP contribution in [0.15, 0.2) is 65.1 Å². The van der Waals surface area contributed by atoms with Crippen LogP contribution >= 0.6 is 0 Å². The van der Waals surface area contributed by atoms with Crippen LogP contribution in [0.4, 0.5) is 29.3 Å². The van der Waals surface area contributed by atoms with Gasteiger partial charge in [-0.1, -0.05) is 24.3 Å². The highest BCUT2D eigenvalue weighted by Gasteiger charge is 2.34. The fourth-order valence-corrected chi connectivity index (χ4v) is 2.87. The molecule has 4 aromatic rings. The smallest absolute Gasteiger partial charge is 0.449 e. The van der Waals surface area contributed by atoms with E-state index in [4.69, 9.17) is 4.42 Å². The topological polar surface area (TPSA) is 63.0 Å². The monoisotopic (exact) mass is 416 g/mol. The molecule has 0 saturated heterocycles. The summed E-state index contributed by atoms with van der Waals surface area (Å²) in [5.74, 6) is -0.457. The van der Waals surface area contributed by atoms with Gasteiger partial charge in [0.05, 0.1) is 12.1 Å². The number of nitrogens with one attached hydrogen (secondary N) is 2. The molecule has 0 fully saturated rings. The highest BCUT2D eigenvalue weighted by atomic mass is 19.4. The first-order valence-corrected chi connectivity index (χ1v) is 9.03. The van der Waals surface area contributed by atoms with E-state index in [2.05, 4.69) is 20.6 Å². The molecule has 0 aliphatic rings. The van der Waals surface area contributed by atoms with E-state index in [0.717, 1.165) is 11.6 Å². The minimum atomic E-state index is -4.53. The number of anilines is 2. The summed E-state index contributed by atoms with van der Waals surface area (Å²) in [6.07, 6.45) is -4.53. The third-order valence-corrected chi connectivity index (χ3v) is 4.34. The maximum atomic E-state index is 13.0. The van der Waals surface area contributed by atoms with Gasteiger partial charge in [-0.05, 0) is 42.0 Å². The van der Waals surface area contributed by atoms with Crippen molar-refractivity contribution in [2.75, 3.05) is 10.6 Å². The van der Waals surface area contributed by atoms with Gasteiger partial charge in [-0.25, -0.2) is 9.37 Å². The highest BCUT2D eigenvalue weighted by molar-refractivity contribution is 5.89. The average Bonchev–Trinajstić information content (AvgIpc) is 3.21. The van der Waals surface area contributed by atoms with E-state index >= 15 is 0 Å². The Hall–Kier alpha value is -3.62. The van der Waals surface area contributed by atoms with Gasteiger partial charge in [-0.15, -0.1) is 0 Å². The first-order valence-electron chi connectivity index (χ1n) is 9.03. The summed E-state index contributed by atoms with van der Waals surface area (Å²) in [6, 6.07) is 15.5. The molecule has 30 heavy (non-hydrogen) atoms. The lowest BCUT2D eigenvalue weighted by Gasteiger charge is -2.11. The number of aromatic nitrogens is 2. The number of alkyl halides is 3. The van der Waals surface area contributed by atoms with Crippen LogP contribution in [0.3, 0.4) is 0 Å². The molecule has 0 bridgehead atoms. The van der Waals surface area contributed by atoms with E-state index < -0.39 is 11.9 Å². The second-order valence-electron chi connectivity index (χ2n) is 6.51. The minimum Gasteiger partial charge on any atom is -0.455 e. The molecule has 0 aliphatic heterocycles. The number of fused-ring (bicyclic) bond motifs is 1. The fraction of sp³-hybridized carbons (Fsp3) is 0.143. The molecular weight excluding hydrogens is 400 g/mol. The molecule has 2 aromatic heterocycles. The number of hydrogen-bond donors (Lipinski definition) is 2. The van der Waals surface area contributed by atoms with Gasteiger partial charge in [0.15, 0.2) is 0 Å². The van der Waals surface area contributed by atoms with Crippen LogP contribution in [0.1, 0.15) is 17.1 Å². The van der Waals surface area contributed by atoms with Crippen molar-refractivity contribution in [2.45, 2.75) is 19.3 Å². The van der Waals surface area contributed by atoms with Gasteiger partial charge < -0.3 is 15.1 Å². The standard InChI is InChI=1S/C21H16F4N4O/c22-14-7-5-13(6-8-14)11-27-20-28-17-4-2-1-3-16(17)19(29-20)26-12-15-9-10-18(30-15)21(23,24)25/h1-10H,11-12H2,(H2,26,27,28,29). The maximum absolute atomic E-state index is 13.0. The molecular formula is C21H16F4N4O. The van der Waals surface area contributed by atoms with E-state index in [1.165, 1.54) is 18.2 Å². The van der Waals surface area contributed by atoms with Crippen LogP contribution in [0.2, 0.25) is 0 Å². The van der Waals surface area contributed by atoms with Crippen LogP contribution in [-0.2, 0) is 19.3 Å². The van der Waals surface area contributed by atoms with E-state index in [-0.39, 0.29) is 18.1 Å². The first-order chi connectivity index (χ1) is 14.4. The number of hydrogen-bond acceptors (Lipinski definition) is 5. The predicted octanol–water partition coefficient (Wildman–Crippen LogP) is 5.60. The molecule has 9 heteroatoms. The fourth-order valence-electron chi connectivity index (χ4n) is 2.87. The van der Waals surface area contributed by atoms with Crippen LogP contribution in [0.5, 0.6) is 0 Å². The summed E-state index contributed by atoms with van der Waals surface area (Å²) in [6.45, 7) is 0.402. The Balaban J connectivity index is 1.54. The van der Waals surface area contributed by atoms with Gasteiger partial charge in [0, 0.05) is 11.9 Å². The largest absolute Gasteiger partial charge is 0.455 e. The van der Waals surface area contributed by atoms with E-state index in [0.29, 0.717) is 29.2 Å². The summed E-state index contributed by atoms with van der Waals surface area (Å²) in [4.78, 5) is 8.88. The maximum Gasteiger partial charge on any atom is 0.449 e. The Labute approximate surface area is 168 Å². The zero-order valence-corrected chi connectivity index (χ0v) is 15.5. The Morgan fingerprint density at radius 3 is 2.33 bits per heavy atom. The van der Waals surface area contributed by atoms with Gasteiger partial charge in [-0.2, -0.15) is 18.2 Å². The highest BCUT2D eigenvalue weighted by Crippen LogP contribution is 2.31. The molecule has 0 unspecified atom stereocenters.